The molecular formula is C38H33BrO5S2. The highest BCUT2D eigenvalue weighted by molar-refractivity contribution is 9.10. The highest BCUT2D eigenvalue weighted by Crippen LogP contribution is 2.47. The lowest BCUT2D eigenvalue weighted by Crippen LogP contribution is -2.07. The Bertz CT molecular complexity index is 2000. The molecule has 0 N–H and O–H groups in total. The molecule has 0 saturated carbocycles. The van der Waals surface area contributed by atoms with E-state index in [9.17, 15) is 8.42 Å². The van der Waals surface area contributed by atoms with Crippen LogP contribution in [-0.4, -0.2) is 15.0 Å². The topological polar surface area (TPSA) is 61.8 Å². The van der Waals surface area contributed by atoms with E-state index in [4.69, 9.17) is 13.7 Å². The molecule has 6 rings (SSSR count). The zero-order valence-electron chi connectivity index (χ0n) is 25.3. The van der Waals surface area contributed by atoms with E-state index in [-0.39, 0.29) is 11.5 Å². The number of aryl methyl sites for hydroxylation is 2. The van der Waals surface area contributed by atoms with Gasteiger partial charge in [-0.15, -0.1) is 11.3 Å². The third-order valence-electron chi connectivity index (χ3n) is 7.52. The highest BCUT2D eigenvalue weighted by atomic mass is 79.9. The molecule has 0 atom stereocenters. The summed E-state index contributed by atoms with van der Waals surface area (Å²) in [4.78, 5) is 1.24. The van der Waals surface area contributed by atoms with Crippen LogP contribution < -0.4 is 9.47 Å². The number of hydrogen-bond donors (Lipinski definition) is 0. The van der Waals surface area contributed by atoms with E-state index in [1.54, 1.807) is 35.6 Å². The lowest BCUT2D eigenvalue weighted by atomic mass is 10.1. The van der Waals surface area contributed by atoms with Gasteiger partial charge in [-0.2, -0.15) is 8.42 Å². The minimum absolute atomic E-state index is 0.153. The number of benzene rings is 5. The third kappa shape index (κ3) is 8.06. The Morgan fingerprint density at radius 1 is 0.739 bits per heavy atom. The van der Waals surface area contributed by atoms with Crippen LogP contribution in [0.5, 0.6) is 17.2 Å². The van der Waals surface area contributed by atoms with Crippen molar-refractivity contribution in [3.8, 4) is 27.7 Å². The zero-order chi connectivity index (χ0) is 31.9. The molecule has 0 spiro atoms. The van der Waals surface area contributed by atoms with Crippen molar-refractivity contribution in [2.24, 2.45) is 0 Å². The van der Waals surface area contributed by atoms with Crippen LogP contribution in [0, 0.1) is 6.92 Å². The maximum absolute atomic E-state index is 12.4. The van der Waals surface area contributed by atoms with Crippen molar-refractivity contribution in [1.29, 1.82) is 0 Å². The van der Waals surface area contributed by atoms with Crippen molar-refractivity contribution < 1.29 is 22.1 Å². The van der Waals surface area contributed by atoms with E-state index in [2.05, 4.69) is 64.5 Å². The van der Waals surface area contributed by atoms with Gasteiger partial charge in [0.15, 0.2) is 5.75 Å². The number of fused-ring (bicyclic) bond motifs is 1. The van der Waals surface area contributed by atoms with Crippen molar-refractivity contribution >= 4 is 47.5 Å². The Morgan fingerprint density at radius 2 is 1.46 bits per heavy atom. The van der Waals surface area contributed by atoms with Gasteiger partial charge in [-0.1, -0.05) is 88.2 Å². The van der Waals surface area contributed by atoms with Crippen LogP contribution in [0.25, 0.3) is 20.5 Å². The molecule has 46 heavy (non-hydrogen) atoms. The molecular weight excluding hydrogens is 680 g/mol. The summed E-state index contributed by atoms with van der Waals surface area (Å²) in [5, 5.41) is 1.03. The second-order valence-electron chi connectivity index (χ2n) is 11.0. The first-order valence-electron chi connectivity index (χ1n) is 15.1. The van der Waals surface area contributed by atoms with Crippen LogP contribution >= 0.6 is 27.3 Å². The van der Waals surface area contributed by atoms with Gasteiger partial charge in [-0.3, -0.25) is 4.18 Å². The number of ether oxygens (including phenoxy) is 2. The Balaban J connectivity index is 1.11. The summed E-state index contributed by atoms with van der Waals surface area (Å²) >= 11 is 5.23. The van der Waals surface area contributed by atoms with E-state index in [0.29, 0.717) is 13.0 Å². The molecule has 1 aromatic heterocycles. The molecule has 234 valence electrons. The fourth-order valence-electron chi connectivity index (χ4n) is 4.99. The molecule has 8 heteroatoms. The Labute approximate surface area is 282 Å². The van der Waals surface area contributed by atoms with Gasteiger partial charge in [0.2, 0.25) is 0 Å². The van der Waals surface area contributed by atoms with E-state index in [1.165, 1.54) is 0 Å². The summed E-state index contributed by atoms with van der Waals surface area (Å²) < 4.78 is 44.9. The number of unbranched alkanes of at least 4 members (excludes halogenated alkanes) is 1. The molecule has 0 fully saturated rings. The lowest BCUT2D eigenvalue weighted by molar-refractivity contribution is 0.306. The first-order valence-corrected chi connectivity index (χ1v) is 18.1. The van der Waals surface area contributed by atoms with Crippen LogP contribution in [0.3, 0.4) is 0 Å². The molecule has 0 amide bonds. The smallest absolute Gasteiger partial charge is 0.296 e. The van der Waals surface area contributed by atoms with Crippen molar-refractivity contribution in [1.82, 2.24) is 0 Å². The Morgan fingerprint density at radius 3 is 2.20 bits per heavy atom. The fraction of sp³-hybridized carbons (Fsp3) is 0.158. The largest absolute Gasteiger partial charge is 0.489 e. The predicted molar refractivity (Wildman–Crippen MR) is 190 cm³/mol. The van der Waals surface area contributed by atoms with E-state index in [0.717, 1.165) is 71.8 Å². The third-order valence-corrected chi connectivity index (χ3v) is 10.6. The standard InChI is InChI=1S/C38H33BrO5S2/c1-27-10-21-34(22-11-27)46(40,41)43-24-6-5-7-28-12-18-32(19-13-28)44-37-35-23-20-33(42-26-29-8-3-2-4-9-29)25-36(35)45-38(37)30-14-16-31(39)17-15-30/h2-4,8-23,25H,5-7,24,26H2,1H3. The molecule has 5 nitrogen and oxygen atoms in total. The first kappa shape index (κ1) is 32.0. The first-order chi connectivity index (χ1) is 22.3. The number of hydrogen-bond acceptors (Lipinski definition) is 6. The lowest BCUT2D eigenvalue weighted by Gasteiger charge is -2.10. The van der Waals surface area contributed by atoms with Crippen LogP contribution in [0.4, 0.5) is 0 Å². The minimum Gasteiger partial charge on any atom is -0.489 e. The van der Waals surface area contributed by atoms with Gasteiger partial charge in [0, 0.05) is 14.6 Å². The van der Waals surface area contributed by atoms with Gasteiger partial charge >= 0.3 is 0 Å². The van der Waals surface area contributed by atoms with Gasteiger partial charge in [0.05, 0.1) is 16.4 Å². The van der Waals surface area contributed by atoms with Gasteiger partial charge in [0.1, 0.15) is 18.1 Å². The molecule has 5 aromatic carbocycles. The minimum atomic E-state index is -3.74. The maximum atomic E-state index is 12.4. The van der Waals surface area contributed by atoms with Gasteiger partial charge in [0.25, 0.3) is 10.1 Å². The van der Waals surface area contributed by atoms with E-state index >= 15 is 0 Å². The van der Waals surface area contributed by atoms with Gasteiger partial charge in [-0.25, -0.2) is 0 Å². The second kappa shape index (κ2) is 14.6. The van der Waals surface area contributed by atoms with E-state index < -0.39 is 10.1 Å². The molecule has 0 bridgehead atoms. The number of thiophene rings is 1. The van der Waals surface area contributed by atoms with Crippen LogP contribution in [0.2, 0.25) is 0 Å². The average molecular weight is 714 g/mol. The van der Waals surface area contributed by atoms with Gasteiger partial charge in [-0.05, 0) is 97.5 Å². The summed E-state index contributed by atoms with van der Waals surface area (Å²) in [7, 11) is -3.74. The molecule has 0 unspecified atom stereocenters. The maximum Gasteiger partial charge on any atom is 0.296 e. The predicted octanol–water partition coefficient (Wildman–Crippen LogP) is 10.7. The van der Waals surface area contributed by atoms with Crippen molar-refractivity contribution in [2.45, 2.75) is 37.7 Å². The van der Waals surface area contributed by atoms with E-state index in [1.807, 2.05) is 55.5 Å². The summed E-state index contributed by atoms with van der Waals surface area (Å²) in [6, 6.07) is 39.3. The quantitative estimate of drug-likeness (QED) is 0.0881. The van der Waals surface area contributed by atoms with Crippen molar-refractivity contribution in [2.75, 3.05) is 6.61 Å². The summed E-state index contributed by atoms with van der Waals surface area (Å²) in [5.41, 5.74) is 4.35. The summed E-state index contributed by atoms with van der Waals surface area (Å²) in [6.07, 6.45) is 2.25. The Kier molecular flexibility index (Phi) is 10.2. The number of halogens is 1. The molecule has 6 aromatic rings. The highest BCUT2D eigenvalue weighted by Gasteiger charge is 2.18. The van der Waals surface area contributed by atoms with Crippen molar-refractivity contribution in [3.05, 3.63) is 142 Å². The zero-order valence-corrected chi connectivity index (χ0v) is 28.5. The molecule has 1 heterocycles. The Hall–Kier alpha value is -3.95. The molecule has 0 radical (unpaired) electrons. The molecule has 0 aliphatic rings. The molecule has 0 aliphatic heterocycles. The van der Waals surface area contributed by atoms with Crippen LogP contribution in [0.1, 0.15) is 29.5 Å². The van der Waals surface area contributed by atoms with Crippen LogP contribution in [0.15, 0.2) is 131 Å². The van der Waals surface area contributed by atoms with Crippen LogP contribution in [-0.2, 0) is 27.3 Å². The summed E-state index contributed by atoms with van der Waals surface area (Å²) in [6.45, 7) is 2.58. The van der Waals surface area contributed by atoms with Crippen molar-refractivity contribution in [3.63, 3.8) is 0 Å². The fourth-order valence-corrected chi connectivity index (χ4v) is 7.36. The second-order valence-corrected chi connectivity index (χ2v) is 14.6. The number of rotatable bonds is 13. The van der Waals surface area contributed by atoms with Gasteiger partial charge < -0.3 is 9.47 Å². The average Bonchev–Trinajstić information content (AvgIpc) is 3.42. The monoisotopic (exact) mass is 712 g/mol. The normalized spacial score (nSPS) is 11.5. The summed E-state index contributed by atoms with van der Waals surface area (Å²) in [5.74, 6) is 2.38. The molecule has 0 saturated heterocycles. The molecule has 0 aliphatic carbocycles. The SMILES string of the molecule is Cc1ccc(S(=O)(=O)OCCCCc2ccc(Oc3c(-c4ccc(Br)cc4)sc4cc(OCc5ccccc5)ccc34)cc2)cc1.